The minimum Gasteiger partial charge on any atom is -0.320 e. The van der Waals surface area contributed by atoms with Crippen LogP contribution in [0.1, 0.15) is 20.3 Å². The van der Waals surface area contributed by atoms with E-state index in [2.05, 4.69) is 24.1 Å². The van der Waals surface area contributed by atoms with Crippen molar-refractivity contribution in [3.05, 3.63) is 0 Å². The van der Waals surface area contributed by atoms with E-state index in [0.717, 1.165) is 19.6 Å². The van der Waals surface area contributed by atoms with Crippen molar-refractivity contribution in [1.82, 2.24) is 14.5 Å². The Morgan fingerprint density at radius 2 is 2.06 bits per heavy atom. The van der Waals surface area contributed by atoms with Gasteiger partial charge in [-0.25, -0.2) is 8.42 Å². The topological polar surface area (TPSA) is 52.7 Å². The third-order valence-corrected chi connectivity index (χ3v) is 5.28. The molecule has 0 radical (unpaired) electrons. The summed E-state index contributed by atoms with van der Waals surface area (Å²) >= 11 is 0. The van der Waals surface area contributed by atoms with E-state index < -0.39 is 10.0 Å². The number of nitrogens with zero attached hydrogens (tertiary/aromatic N) is 2. The summed E-state index contributed by atoms with van der Waals surface area (Å²) in [5.74, 6) is 0.257. The van der Waals surface area contributed by atoms with Crippen LogP contribution in [0.25, 0.3) is 0 Å². The molecule has 0 aromatic rings. The quantitative estimate of drug-likeness (QED) is 0.683. The highest BCUT2D eigenvalue weighted by molar-refractivity contribution is 7.89. The second-order valence-corrected chi connectivity index (χ2v) is 6.70. The summed E-state index contributed by atoms with van der Waals surface area (Å²) in [7, 11) is -1.21. The van der Waals surface area contributed by atoms with Gasteiger partial charge in [-0.2, -0.15) is 4.31 Å². The van der Waals surface area contributed by atoms with Gasteiger partial charge in [0.1, 0.15) is 0 Å². The van der Waals surface area contributed by atoms with Crippen LogP contribution in [0.15, 0.2) is 0 Å². The van der Waals surface area contributed by atoms with Gasteiger partial charge in [0.2, 0.25) is 10.0 Å². The van der Waals surface area contributed by atoms with Gasteiger partial charge in [-0.15, -0.1) is 0 Å². The van der Waals surface area contributed by atoms with Gasteiger partial charge in [0.25, 0.3) is 0 Å². The Hall–Kier alpha value is -0.170. The Labute approximate surface area is 105 Å². The Morgan fingerprint density at radius 3 is 2.59 bits per heavy atom. The summed E-state index contributed by atoms with van der Waals surface area (Å²) in [6.45, 7) is 8.09. The van der Waals surface area contributed by atoms with Crippen LogP contribution < -0.4 is 5.32 Å². The van der Waals surface area contributed by atoms with Crippen molar-refractivity contribution in [2.75, 3.05) is 45.5 Å². The molecule has 0 saturated carbocycles. The lowest BCUT2D eigenvalue weighted by Gasteiger charge is -2.38. The second-order valence-electron chi connectivity index (χ2n) is 4.61. The first kappa shape index (κ1) is 14.9. The van der Waals surface area contributed by atoms with Crippen LogP contribution in [-0.4, -0.2) is 69.2 Å². The van der Waals surface area contributed by atoms with Crippen LogP contribution in [0.2, 0.25) is 0 Å². The van der Waals surface area contributed by atoms with Crippen molar-refractivity contribution in [3.8, 4) is 0 Å². The van der Waals surface area contributed by atoms with E-state index in [-0.39, 0.29) is 5.75 Å². The van der Waals surface area contributed by atoms with Crippen LogP contribution in [0.5, 0.6) is 0 Å². The zero-order valence-electron chi connectivity index (χ0n) is 11.1. The van der Waals surface area contributed by atoms with Gasteiger partial charge in [0.05, 0.1) is 5.75 Å². The highest BCUT2D eigenvalue weighted by Gasteiger charge is 2.29. The molecule has 0 bridgehead atoms. The van der Waals surface area contributed by atoms with E-state index in [1.807, 2.05) is 7.05 Å². The molecule has 6 heteroatoms. The highest BCUT2D eigenvalue weighted by Crippen LogP contribution is 2.13. The number of piperazine rings is 1. The first-order valence-electron chi connectivity index (χ1n) is 6.37. The molecule has 1 fully saturated rings. The van der Waals surface area contributed by atoms with Crippen LogP contribution in [0.3, 0.4) is 0 Å². The molecule has 1 rings (SSSR count). The van der Waals surface area contributed by atoms with Gasteiger partial charge in [-0.3, -0.25) is 4.90 Å². The number of sulfonamides is 1. The molecule has 1 heterocycles. The lowest BCUT2D eigenvalue weighted by molar-refractivity contribution is 0.135. The smallest absolute Gasteiger partial charge is 0.214 e. The van der Waals surface area contributed by atoms with Crippen LogP contribution in [0.4, 0.5) is 0 Å². The number of hydrogen-bond acceptors (Lipinski definition) is 4. The van der Waals surface area contributed by atoms with E-state index in [9.17, 15) is 8.42 Å². The van der Waals surface area contributed by atoms with Gasteiger partial charge in [0.15, 0.2) is 0 Å². The fourth-order valence-electron chi connectivity index (χ4n) is 2.24. The van der Waals surface area contributed by atoms with E-state index >= 15 is 0 Å². The number of likely N-dealkylation sites (N-methyl/N-ethyl adjacent to an activating group) is 1. The molecule has 5 nitrogen and oxygen atoms in total. The average Bonchev–Trinajstić information content (AvgIpc) is 2.29. The molecule has 0 aliphatic carbocycles. The first-order chi connectivity index (χ1) is 8.01. The monoisotopic (exact) mass is 263 g/mol. The fourth-order valence-corrected chi connectivity index (χ4v) is 3.81. The standard InChI is InChI=1S/C11H25N3O2S/c1-4-13-7-8-14(10-11(13)2)17(15,16)9-5-6-12-3/h11-12H,4-10H2,1-3H3. The van der Waals surface area contributed by atoms with Crippen molar-refractivity contribution in [2.45, 2.75) is 26.3 Å². The molecule has 17 heavy (non-hydrogen) atoms. The summed E-state index contributed by atoms with van der Waals surface area (Å²) < 4.78 is 25.8. The fraction of sp³-hybridized carbons (Fsp3) is 1.00. The lowest BCUT2D eigenvalue weighted by Crippen LogP contribution is -2.53. The summed E-state index contributed by atoms with van der Waals surface area (Å²) in [6.07, 6.45) is 0.682. The minimum absolute atomic E-state index is 0.257. The number of hydrogen-bond donors (Lipinski definition) is 1. The third kappa shape index (κ3) is 4.21. The number of nitrogens with one attached hydrogen (secondary N) is 1. The Bertz CT molecular complexity index is 319. The van der Waals surface area contributed by atoms with Gasteiger partial charge in [-0.05, 0) is 33.5 Å². The van der Waals surface area contributed by atoms with Gasteiger partial charge in [0, 0.05) is 25.7 Å². The van der Waals surface area contributed by atoms with Gasteiger partial charge in [-0.1, -0.05) is 6.92 Å². The molecule has 0 aromatic heterocycles. The Morgan fingerprint density at radius 1 is 1.35 bits per heavy atom. The molecule has 1 aliphatic heterocycles. The maximum atomic E-state index is 12.1. The molecular weight excluding hydrogens is 238 g/mol. The van der Waals surface area contributed by atoms with Crippen molar-refractivity contribution >= 4 is 10.0 Å². The van der Waals surface area contributed by atoms with Crippen molar-refractivity contribution in [1.29, 1.82) is 0 Å². The predicted octanol–water partition coefficient (Wildman–Crippen LogP) is -0.0483. The molecule has 102 valence electrons. The Balaban J connectivity index is 2.50. The molecule has 1 atom stereocenters. The SMILES string of the molecule is CCN1CCN(S(=O)(=O)CCCNC)CC1C. The van der Waals surface area contributed by atoms with E-state index in [1.54, 1.807) is 4.31 Å². The van der Waals surface area contributed by atoms with Crippen molar-refractivity contribution < 1.29 is 8.42 Å². The number of rotatable bonds is 6. The maximum absolute atomic E-state index is 12.1. The summed E-state index contributed by atoms with van der Waals surface area (Å²) in [5.41, 5.74) is 0. The zero-order valence-corrected chi connectivity index (χ0v) is 12.0. The van der Waals surface area contributed by atoms with Crippen LogP contribution in [-0.2, 0) is 10.0 Å². The lowest BCUT2D eigenvalue weighted by atomic mass is 10.2. The normalized spacial score (nSPS) is 24.1. The molecule has 1 unspecified atom stereocenters. The molecule has 1 N–H and O–H groups in total. The summed E-state index contributed by atoms with van der Waals surface area (Å²) in [6, 6.07) is 0.327. The van der Waals surface area contributed by atoms with Gasteiger partial charge >= 0.3 is 0 Å². The second kappa shape index (κ2) is 6.68. The highest BCUT2D eigenvalue weighted by atomic mass is 32.2. The molecule has 1 saturated heterocycles. The van der Waals surface area contributed by atoms with Gasteiger partial charge < -0.3 is 5.32 Å². The summed E-state index contributed by atoms with van der Waals surface area (Å²) in [5, 5.41) is 2.98. The largest absolute Gasteiger partial charge is 0.320 e. The predicted molar refractivity (Wildman–Crippen MR) is 70.6 cm³/mol. The first-order valence-corrected chi connectivity index (χ1v) is 7.98. The van der Waals surface area contributed by atoms with E-state index in [1.165, 1.54) is 0 Å². The summed E-state index contributed by atoms with van der Waals surface area (Å²) in [4.78, 5) is 2.32. The minimum atomic E-state index is -3.05. The molecular formula is C11H25N3O2S. The van der Waals surface area contributed by atoms with Crippen molar-refractivity contribution in [2.24, 2.45) is 0 Å². The maximum Gasteiger partial charge on any atom is 0.214 e. The average molecular weight is 263 g/mol. The van der Waals surface area contributed by atoms with Crippen molar-refractivity contribution in [3.63, 3.8) is 0 Å². The van der Waals surface area contributed by atoms with Crippen LogP contribution >= 0.6 is 0 Å². The molecule has 0 spiro atoms. The Kier molecular flexibility index (Phi) is 5.85. The van der Waals surface area contributed by atoms with E-state index in [0.29, 0.717) is 25.6 Å². The molecule has 1 aliphatic rings. The zero-order chi connectivity index (χ0) is 12.9. The molecule has 0 aromatic carbocycles. The third-order valence-electron chi connectivity index (χ3n) is 3.36. The molecule has 0 amide bonds. The van der Waals surface area contributed by atoms with Crippen LogP contribution in [0, 0.1) is 0 Å². The van der Waals surface area contributed by atoms with E-state index in [4.69, 9.17) is 0 Å².